The summed E-state index contributed by atoms with van der Waals surface area (Å²) in [6.07, 6.45) is -4.45. The molecule has 0 aliphatic heterocycles. The Hall–Kier alpha value is -3.95. The van der Waals surface area contributed by atoms with Gasteiger partial charge in [0.25, 0.3) is 5.91 Å². The number of hydrogen-bond acceptors (Lipinski definition) is 5. The summed E-state index contributed by atoms with van der Waals surface area (Å²) in [6.45, 7) is 3.49. The zero-order chi connectivity index (χ0) is 23.0. The molecule has 0 saturated heterocycles. The van der Waals surface area contributed by atoms with Crippen LogP contribution < -0.4 is 10.1 Å². The van der Waals surface area contributed by atoms with Gasteiger partial charge in [0.1, 0.15) is 5.75 Å². The van der Waals surface area contributed by atoms with Crippen molar-refractivity contribution in [3.63, 3.8) is 0 Å². The van der Waals surface area contributed by atoms with Crippen LogP contribution in [0, 0.1) is 13.8 Å². The monoisotopic (exact) mass is 441 g/mol. The van der Waals surface area contributed by atoms with Gasteiger partial charge in [0.2, 0.25) is 0 Å². The zero-order valence-electron chi connectivity index (χ0n) is 17.4. The number of carbonyl (C=O) groups is 1. The van der Waals surface area contributed by atoms with E-state index in [0.717, 1.165) is 23.3 Å². The van der Waals surface area contributed by atoms with Gasteiger partial charge in [0.15, 0.2) is 11.3 Å². The van der Waals surface area contributed by atoms with Gasteiger partial charge in [-0.1, -0.05) is 18.2 Å². The Morgan fingerprint density at radius 1 is 1.03 bits per heavy atom. The third-order valence-corrected chi connectivity index (χ3v) is 5.00. The number of aryl methyl sites for hydroxylation is 2. The highest BCUT2D eigenvalue weighted by Gasteiger charge is 2.30. The molecule has 2 aromatic carbocycles. The highest BCUT2D eigenvalue weighted by molar-refractivity contribution is 6.03. The molecule has 0 spiro atoms. The van der Waals surface area contributed by atoms with Crippen molar-refractivity contribution in [1.29, 1.82) is 0 Å². The predicted octanol–water partition coefficient (Wildman–Crippen LogP) is 4.69. The predicted molar refractivity (Wildman–Crippen MR) is 112 cm³/mol. The standard InChI is InChI=1S/C22H18F3N5O2/c1-12-18(16-6-4-5-7-17(16)32-3)20-28-27-19(13(2)30(20)29-12)21(31)26-15-10-8-14(9-11-15)22(23,24)25/h4-11H,1-3H3,(H,26,31). The first-order chi connectivity index (χ1) is 15.2. The minimum absolute atomic E-state index is 0.00599. The first-order valence-corrected chi connectivity index (χ1v) is 9.55. The number of methoxy groups -OCH3 is 1. The van der Waals surface area contributed by atoms with Crippen LogP contribution in [0.5, 0.6) is 5.75 Å². The molecule has 0 radical (unpaired) electrons. The number of benzene rings is 2. The van der Waals surface area contributed by atoms with E-state index >= 15 is 0 Å². The summed E-state index contributed by atoms with van der Waals surface area (Å²) in [5.74, 6) is 0.0396. The molecule has 0 aliphatic rings. The van der Waals surface area contributed by atoms with Crippen molar-refractivity contribution in [1.82, 2.24) is 19.8 Å². The number of hydrogen-bond donors (Lipinski definition) is 1. The minimum Gasteiger partial charge on any atom is -0.496 e. The first-order valence-electron chi connectivity index (χ1n) is 9.55. The lowest BCUT2D eigenvalue weighted by molar-refractivity contribution is -0.137. The maximum absolute atomic E-state index is 12.7. The Labute approximate surface area is 180 Å². The molecule has 1 N–H and O–H groups in total. The number of para-hydroxylation sites is 1. The molecule has 0 bridgehead atoms. The molecule has 0 saturated carbocycles. The lowest BCUT2D eigenvalue weighted by Gasteiger charge is -2.10. The lowest BCUT2D eigenvalue weighted by atomic mass is 10.1. The second-order valence-electron chi connectivity index (χ2n) is 7.06. The van der Waals surface area contributed by atoms with E-state index in [2.05, 4.69) is 20.6 Å². The Kier molecular flexibility index (Phi) is 5.29. The van der Waals surface area contributed by atoms with Gasteiger partial charge in [-0.2, -0.15) is 18.3 Å². The fraction of sp³-hybridized carbons (Fsp3) is 0.182. The number of amides is 1. The number of alkyl halides is 3. The van der Waals surface area contributed by atoms with Crippen molar-refractivity contribution in [2.24, 2.45) is 0 Å². The molecule has 0 fully saturated rings. The van der Waals surface area contributed by atoms with Gasteiger partial charge in [0, 0.05) is 11.3 Å². The fourth-order valence-corrected chi connectivity index (χ4v) is 3.42. The third kappa shape index (κ3) is 3.75. The summed E-state index contributed by atoms with van der Waals surface area (Å²) in [5, 5.41) is 15.3. The number of rotatable bonds is 4. The summed E-state index contributed by atoms with van der Waals surface area (Å²) in [7, 11) is 1.57. The number of carbonyl (C=O) groups excluding carboxylic acids is 1. The number of ether oxygens (including phenoxy) is 1. The molecule has 10 heteroatoms. The summed E-state index contributed by atoms with van der Waals surface area (Å²) < 4.78 is 45.2. The summed E-state index contributed by atoms with van der Waals surface area (Å²) >= 11 is 0. The van der Waals surface area contributed by atoms with E-state index in [1.807, 2.05) is 31.2 Å². The normalized spacial score (nSPS) is 11.6. The largest absolute Gasteiger partial charge is 0.496 e. The molecule has 4 rings (SSSR count). The van der Waals surface area contributed by atoms with Crippen molar-refractivity contribution in [3.8, 4) is 16.9 Å². The molecule has 2 aromatic heterocycles. The smallest absolute Gasteiger partial charge is 0.416 e. The van der Waals surface area contributed by atoms with E-state index in [1.165, 1.54) is 16.6 Å². The van der Waals surface area contributed by atoms with Gasteiger partial charge < -0.3 is 10.1 Å². The van der Waals surface area contributed by atoms with E-state index in [0.29, 0.717) is 22.8 Å². The fourth-order valence-electron chi connectivity index (χ4n) is 3.42. The molecule has 1 amide bonds. The van der Waals surface area contributed by atoms with Crippen LogP contribution in [0.3, 0.4) is 0 Å². The van der Waals surface area contributed by atoms with Crippen LogP contribution in [0.4, 0.5) is 18.9 Å². The maximum Gasteiger partial charge on any atom is 0.416 e. The quantitative estimate of drug-likeness (QED) is 0.497. The molecule has 164 valence electrons. The number of anilines is 1. The van der Waals surface area contributed by atoms with Crippen molar-refractivity contribution in [2.45, 2.75) is 20.0 Å². The van der Waals surface area contributed by atoms with E-state index in [9.17, 15) is 18.0 Å². The van der Waals surface area contributed by atoms with Crippen molar-refractivity contribution < 1.29 is 22.7 Å². The van der Waals surface area contributed by atoms with Crippen LogP contribution in [0.2, 0.25) is 0 Å². The summed E-state index contributed by atoms with van der Waals surface area (Å²) in [4.78, 5) is 12.7. The molecule has 0 aliphatic carbocycles. The third-order valence-electron chi connectivity index (χ3n) is 5.00. The molecule has 7 nitrogen and oxygen atoms in total. The number of aromatic nitrogens is 4. The van der Waals surface area contributed by atoms with Gasteiger partial charge in [-0.15, -0.1) is 10.2 Å². The van der Waals surface area contributed by atoms with Crippen LogP contribution in [0.15, 0.2) is 48.5 Å². The van der Waals surface area contributed by atoms with Crippen LogP contribution in [0.25, 0.3) is 16.8 Å². The second-order valence-corrected chi connectivity index (χ2v) is 7.06. The molecule has 32 heavy (non-hydrogen) atoms. The van der Waals surface area contributed by atoms with Crippen molar-refractivity contribution in [3.05, 3.63) is 71.2 Å². The van der Waals surface area contributed by atoms with Crippen molar-refractivity contribution in [2.75, 3.05) is 12.4 Å². The number of nitrogens with zero attached hydrogens (tertiary/aromatic N) is 4. The lowest BCUT2D eigenvalue weighted by Crippen LogP contribution is -2.18. The Morgan fingerprint density at radius 3 is 2.38 bits per heavy atom. The average Bonchev–Trinajstić information content (AvgIpc) is 3.10. The van der Waals surface area contributed by atoms with Gasteiger partial charge in [0.05, 0.1) is 29.6 Å². The maximum atomic E-state index is 12.7. The van der Waals surface area contributed by atoms with Crippen LogP contribution >= 0.6 is 0 Å². The van der Waals surface area contributed by atoms with Gasteiger partial charge >= 0.3 is 6.18 Å². The van der Waals surface area contributed by atoms with E-state index in [1.54, 1.807) is 14.0 Å². The molecule has 0 atom stereocenters. The van der Waals surface area contributed by atoms with Crippen LogP contribution in [0.1, 0.15) is 27.4 Å². The Balaban J connectivity index is 1.69. The molecular weight excluding hydrogens is 423 g/mol. The van der Waals surface area contributed by atoms with E-state index in [-0.39, 0.29) is 11.4 Å². The van der Waals surface area contributed by atoms with Gasteiger partial charge in [-0.05, 0) is 44.2 Å². The molecule has 2 heterocycles. The number of fused-ring (bicyclic) bond motifs is 1. The van der Waals surface area contributed by atoms with Crippen molar-refractivity contribution >= 4 is 17.2 Å². The topological polar surface area (TPSA) is 81.4 Å². The van der Waals surface area contributed by atoms with Crippen LogP contribution in [-0.2, 0) is 6.18 Å². The van der Waals surface area contributed by atoms with Gasteiger partial charge in [-0.25, -0.2) is 4.52 Å². The Morgan fingerprint density at radius 2 is 1.72 bits per heavy atom. The van der Waals surface area contributed by atoms with E-state index < -0.39 is 17.6 Å². The molecule has 0 unspecified atom stereocenters. The highest BCUT2D eigenvalue weighted by Crippen LogP contribution is 2.34. The Bertz CT molecular complexity index is 1310. The average molecular weight is 441 g/mol. The van der Waals surface area contributed by atoms with Gasteiger partial charge in [-0.3, -0.25) is 4.79 Å². The first kappa shape index (κ1) is 21.3. The molecule has 4 aromatic rings. The van der Waals surface area contributed by atoms with Crippen LogP contribution in [-0.4, -0.2) is 32.8 Å². The summed E-state index contributed by atoms with van der Waals surface area (Å²) in [6, 6.07) is 11.6. The highest BCUT2D eigenvalue weighted by atomic mass is 19.4. The zero-order valence-corrected chi connectivity index (χ0v) is 17.4. The SMILES string of the molecule is COc1ccccc1-c1c(C)nn2c(C)c(C(=O)Nc3ccc(C(F)(F)F)cc3)nnc12. The number of nitrogens with one attached hydrogen (secondary N) is 1. The minimum atomic E-state index is -4.45. The molecular formula is C22H18F3N5O2. The number of halogens is 3. The summed E-state index contributed by atoms with van der Waals surface area (Å²) in [5.41, 5.74) is 2.49. The second kappa shape index (κ2) is 7.95. The van der Waals surface area contributed by atoms with E-state index in [4.69, 9.17) is 4.74 Å².